The summed E-state index contributed by atoms with van der Waals surface area (Å²) < 4.78 is 1.70. The van der Waals surface area contributed by atoms with Gasteiger partial charge in [-0.05, 0) is 29.0 Å². The van der Waals surface area contributed by atoms with Gasteiger partial charge in [0.2, 0.25) is 0 Å². The Balaban J connectivity index is 2.52. The van der Waals surface area contributed by atoms with Crippen LogP contribution in [0.1, 0.15) is 25.3 Å². The van der Waals surface area contributed by atoms with Crippen molar-refractivity contribution < 1.29 is 10.0 Å². The molecule has 0 aliphatic heterocycles. The largest absolute Gasteiger partial charge is 0.499 e. The molecule has 0 spiro atoms. The lowest BCUT2D eigenvalue weighted by atomic mass is 9.89. The van der Waals surface area contributed by atoms with Crippen molar-refractivity contribution in [2.24, 2.45) is 0 Å². The maximum absolute atomic E-state index is 9.07. The molecular weight excluding hydrogens is 207 g/mol. The highest BCUT2D eigenvalue weighted by Crippen LogP contribution is 2.24. The van der Waals surface area contributed by atoms with E-state index < -0.39 is 7.12 Å². The third-order valence-corrected chi connectivity index (χ3v) is 3.64. The topological polar surface area (TPSA) is 40.5 Å². The summed E-state index contributed by atoms with van der Waals surface area (Å²) in [4.78, 5) is 0. The molecule has 0 unspecified atom stereocenters. The average Bonchev–Trinajstić information content (AvgIpc) is 2.59. The van der Waals surface area contributed by atoms with Crippen LogP contribution < -0.4 is 4.78 Å². The zero-order valence-corrected chi connectivity index (χ0v) is 9.58. The molecule has 0 atom stereocenters. The van der Waals surface area contributed by atoms with E-state index >= 15 is 0 Å². The molecule has 2 N–H and O–H groups in total. The van der Waals surface area contributed by atoms with Gasteiger partial charge in [-0.2, -0.15) is 0 Å². The van der Waals surface area contributed by atoms with Crippen LogP contribution in [0.15, 0.2) is 24.3 Å². The van der Waals surface area contributed by atoms with Crippen molar-refractivity contribution in [3.05, 3.63) is 29.8 Å². The van der Waals surface area contributed by atoms with Gasteiger partial charge < -0.3 is 10.0 Å². The van der Waals surface area contributed by atoms with E-state index in [2.05, 4.69) is 26.0 Å². The summed E-state index contributed by atoms with van der Waals surface area (Å²) in [6.07, 6.45) is 0. The van der Waals surface area contributed by atoms with E-state index in [1.54, 1.807) is 0 Å². The van der Waals surface area contributed by atoms with Crippen LogP contribution in [0.3, 0.4) is 0 Å². The number of benzene rings is 1. The van der Waals surface area contributed by atoms with E-state index in [0.717, 1.165) is 10.1 Å². The maximum Gasteiger partial charge on any atom is 0.499 e. The predicted molar refractivity (Wildman–Crippen MR) is 65.7 cm³/mol. The molecule has 1 aromatic carbocycles. The minimum absolute atomic E-state index is 0.497. The summed E-state index contributed by atoms with van der Waals surface area (Å²) in [5.41, 5.74) is 1.28. The Bertz CT molecular complexity index is 470. The molecule has 0 aliphatic carbocycles. The van der Waals surface area contributed by atoms with E-state index in [1.807, 2.05) is 12.1 Å². The van der Waals surface area contributed by atoms with Crippen LogP contribution in [-0.4, -0.2) is 17.2 Å². The minimum Gasteiger partial charge on any atom is -0.423 e. The number of fused-ring (bicyclic) bond motifs is 1. The molecule has 15 heavy (non-hydrogen) atoms. The second-order valence-corrected chi connectivity index (χ2v) is 5.09. The van der Waals surface area contributed by atoms with Gasteiger partial charge in [-0.15, -0.1) is 11.3 Å². The fraction of sp³-hybridized carbons (Fsp3) is 0.273. The van der Waals surface area contributed by atoms with Gasteiger partial charge in [0.25, 0.3) is 0 Å². The summed E-state index contributed by atoms with van der Waals surface area (Å²) in [7, 11) is -1.36. The molecule has 0 fully saturated rings. The van der Waals surface area contributed by atoms with Crippen LogP contribution in [0.2, 0.25) is 0 Å². The zero-order chi connectivity index (χ0) is 11.0. The first-order valence-electron chi connectivity index (χ1n) is 4.97. The van der Waals surface area contributed by atoms with E-state index in [9.17, 15) is 0 Å². The lowest BCUT2D eigenvalue weighted by Gasteiger charge is -2.03. The molecular formula is C11H13BO2S. The van der Waals surface area contributed by atoms with E-state index in [4.69, 9.17) is 10.0 Å². The molecule has 1 heterocycles. The van der Waals surface area contributed by atoms with Crippen LogP contribution in [0, 0.1) is 0 Å². The van der Waals surface area contributed by atoms with E-state index in [1.165, 1.54) is 16.9 Å². The highest BCUT2D eigenvalue weighted by atomic mass is 32.1. The van der Waals surface area contributed by atoms with Crippen LogP contribution in [0.4, 0.5) is 0 Å². The Morgan fingerprint density at radius 2 is 1.93 bits per heavy atom. The fourth-order valence-corrected chi connectivity index (χ4v) is 2.49. The van der Waals surface area contributed by atoms with Crippen molar-refractivity contribution in [3.8, 4) is 0 Å². The molecule has 0 saturated carbocycles. The van der Waals surface area contributed by atoms with Crippen molar-refractivity contribution in [1.29, 1.82) is 0 Å². The average molecular weight is 220 g/mol. The highest BCUT2D eigenvalue weighted by molar-refractivity contribution is 7.27. The Labute approximate surface area is 93.3 Å². The van der Waals surface area contributed by atoms with Gasteiger partial charge in [0.05, 0.1) is 0 Å². The molecule has 0 bridgehead atoms. The van der Waals surface area contributed by atoms with Crippen molar-refractivity contribution in [3.63, 3.8) is 0 Å². The SMILES string of the molecule is CC(C)c1ccc2sc(B(O)O)cc2c1. The third kappa shape index (κ3) is 2.07. The summed E-state index contributed by atoms with van der Waals surface area (Å²) in [5.74, 6) is 0.497. The minimum atomic E-state index is -1.36. The summed E-state index contributed by atoms with van der Waals surface area (Å²) in [5, 5.41) is 19.2. The van der Waals surface area contributed by atoms with Gasteiger partial charge in [-0.1, -0.05) is 26.0 Å². The summed E-state index contributed by atoms with van der Waals surface area (Å²) >= 11 is 1.43. The highest BCUT2D eigenvalue weighted by Gasteiger charge is 2.14. The van der Waals surface area contributed by atoms with Crippen LogP contribution in [-0.2, 0) is 0 Å². The molecule has 2 aromatic rings. The Morgan fingerprint density at radius 1 is 1.20 bits per heavy atom. The summed E-state index contributed by atoms with van der Waals surface area (Å²) in [6, 6.07) is 8.09. The smallest absolute Gasteiger partial charge is 0.423 e. The molecule has 0 saturated heterocycles. The van der Waals surface area contributed by atoms with Gasteiger partial charge in [0, 0.05) is 9.48 Å². The maximum atomic E-state index is 9.07. The number of hydrogen-bond donors (Lipinski definition) is 2. The fourth-order valence-electron chi connectivity index (χ4n) is 1.57. The second kappa shape index (κ2) is 3.97. The van der Waals surface area contributed by atoms with E-state index in [0.29, 0.717) is 10.7 Å². The Morgan fingerprint density at radius 3 is 2.53 bits per heavy atom. The summed E-state index contributed by atoms with van der Waals surface area (Å²) in [6.45, 7) is 4.30. The number of hydrogen-bond acceptors (Lipinski definition) is 3. The van der Waals surface area contributed by atoms with Gasteiger partial charge >= 0.3 is 7.12 Å². The van der Waals surface area contributed by atoms with Crippen LogP contribution >= 0.6 is 11.3 Å². The first-order chi connectivity index (χ1) is 7.08. The van der Waals surface area contributed by atoms with Crippen molar-refractivity contribution in [2.45, 2.75) is 19.8 Å². The number of rotatable bonds is 2. The van der Waals surface area contributed by atoms with Gasteiger partial charge in [-0.25, -0.2) is 0 Å². The first-order valence-corrected chi connectivity index (χ1v) is 5.79. The van der Waals surface area contributed by atoms with Gasteiger partial charge in [0.1, 0.15) is 0 Å². The molecule has 78 valence electrons. The third-order valence-electron chi connectivity index (χ3n) is 2.48. The molecule has 1 aromatic heterocycles. The van der Waals surface area contributed by atoms with Crippen LogP contribution in [0.5, 0.6) is 0 Å². The normalized spacial score (nSPS) is 11.3. The molecule has 0 radical (unpaired) electrons. The lowest BCUT2D eigenvalue weighted by Crippen LogP contribution is -2.26. The molecule has 2 rings (SSSR count). The van der Waals surface area contributed by atoms with Gasteiger partial charge in [0.15, 0.2) is 0 Å². The molecule has 2 nitrogen and oxygen atoms in total. The second-order valence-electron chi connectivity index (χ2n) is 3.97. The molecule has 4 heteroatoms. The number of thiophene rings is 1. The van der Waals surface area contributed by atoms with Crippen molar-refractivity contribution in [1.82, 2.24) is 0 Å². The van der Waals surface area contributed by atoms with Crippen molar-refractivity contribution >= 4 is 33.3 Å². The van der Waals surface area contributed by atoms with Crippen LogP contribution in [0.25, 0.3) is 10.1 Å². The van der Waals surface area contributed by atoms with E-state index in [-0.39, 0.29) is 0 Å². The Hall–Kier alpha value is -0.835. The predicted octanol–water partition coefficient (Wildman–Crippen LogP) is 1.70. The molecule has 0 aliphatic rings. The Kier molecular flexibility index (Phi) is 2.82. The molecule has 0 amide bonds. The first kappa shape index (κ1) is 10.7. The van der Waals surface area contributed by atoms with Gasteiger partial charge in [-0.3, -0.25) is 0 Å². The quantitative estimate of drug-likeness (QED) is 0.756. The van der Waals surface area contributed by atoms with Crippen molar-refractivity contribution in [2.75, 3.05) is 0 Å². The lowest BCUT2D eigenvalue weighted by molar-refractivity contribution is 0.427. The zero-order valence-electron chi connectivity index (χ0n) is 8.77. The standard InChI is InChI=1S/C11H13BO2S/c1-7(2)8-3-4-10-9(5-8)6-11(15-10)12(13)14/h3-7,13-14H,1-2H3. The monoisotopic (exact) mass is 220 g/mol.